The van der Waals surface area contributed by atoms with Crippen molar-refractivity contribution >= 4 is 11.7 Å². The number of carbonyl (C=O) groups is 1. The van der Waals surface area contributed by atoms with E-state index in [0.29, 0.717) is 35.8 Å². The van der Waals surface area contributed by atoms with Crippen LogP contribution in [-0.4, -0.2) is 35.7 Å². The normalized spacial score (nSPS) is 9.96. The zero-order valence-corrected chi connectivity index (χ0v) is 14.1. The van der Waals surface area contributed by atoms with Crippen molar-refractivity contribution in [3.8, 4) is 17.6 Å². The fraction of sp³-hybridized carbons (Fsp3) is 0.263. The Hall–Kier alpha value is -3.04. The Morgan fingerprint density at radius 2 is 1.72 bits per heavy atom. The van der Waals surface area contributed by atoms with Gasteiger partial charge in [0.15, 0.2) is 0 Å². The van der Waals surface area contributed by atoms with E-state index in [9.17, 15) is 4.79 Å². The molecular weight excluding hydrogens is 318 g/mol. The zero-order valence-electron chi connectivity index (χ0n) is 14.1. The van der Waals surface area contributed by atoms with E-state index >= 15 is 0 Å². The molecular formula is C19H21N3O3. The minimum absolute atomic E-state index is 0.0647. The van der Waals surface area contributed by atoms with Crippen LogP contribution in [0.3, 0.4) is 0 Å². The highest BCUT2D eigenvalue weighted by Gasteiger charge is 2.12. The second-order valence-corrected chi connectivity index (χ2v) is 5.40. The average Bonchev–Trinajstić information content (AvgIpc) is 2.64. The molecule has 2 rings (SSSR count). The molecule has 0 heterocycles. The van der Waals surface area contributed by atoms with Gasteiger partial charge in [-0.05, 0) is 55.0 Å². The topological polar surface area (TPSA) is 85.6 Å². The molecule has 0 spiro atoms. The molecule has 0 aliphatic carbocycles. The standard InChI is InChI=1S/C19H21N3O3/c1-2-11-22(12-13-23)19(24)21-16-5-9-18(10-6-16)25-17-7-3-15(14-20)4-8-17/h3-10,23H,2,11-13H2,1H3,(H,21,24). The van der Waals surface area contributed by atoms with Crippen LogP contribution in [-0.2, 0) is 0 Å². The summed E-state index contributed by atoms with van der Waals surface area (Å²) < 4.78 is 5.70. The fourth-order valence-corrected chi connectivity index (χ4v) is 2.25. The molecule has 0 aromatic heterocycles. The smallest absolute Gasteiger partial charge is 0.321 e. The SMILES string of the molecule is CCCN(CCO)C(=O)Nc1ccc(Oc2ccc(C#N)cc2)cc1. The number of anilines is 1. The lowest BCUT2D eigenvalue weighted by atomic mass is 10.2. The third-order valence-electron chi connectivity index (χ3n) is 3.48. The number of aliphatic hydroxyl groups is 1. The van der Waals surface area contributed by atoms with Crippen molar-refractivity contribution in [3.05, 3.63) is 54.1 Å². The van der Waals surface area contributed by atoms with Crippen LogP contribution in [0.25, 0.3) is 0 Å². The summed E-state index contributed by atoms with van der Waals surface area (Å²) in [6.07, 6.45) is 0.824. The van der Waals surface area contributed by atoms with Gasteiger partial charge in [0, 0.05) is 18.8 Å². The van der Waals surface area contributed by atoms with Gasteiger partial charge >= 0.3 is 6.03 Å². The summed E-state index contributed by atoms with van der Waals surface area (Å²) in [6.45, 7) is 2.81. The highest BCUT2D eigenvalue weighted by atomic mass is 16.5. The van der Waals surface area contributed by atoms with Crippen molar-refractivity contribution in [2.24, 2.45) is 0 Å². The van der Waals surface area contributed by atoms with Crippen molar-refractivity contribution < 1.29 is 14.6 Å². The molecule has 25 heavy (non-hydrogen) atoms. The number of hydrogen-bond acceptors (Lipinski definition) is 4. The zero-order chi connectivity index (χ0) is 18.1. The first-order valence-corrected chi connectivity index (χ1v) is 8.11. The first-order chi connectivity index (χ1) is 12.2. The van der Waals surface area contributed by atoms with Crippen LogP contribution in [0.4, 0.5) is 10.5 Å². The number of benzene rings is 2. The van der Waals surface area contributed by atoms with E-state index in [1.54, 1.807) is 53.4 Å². The Morgan fingerprint density at radius 3 is 2.24 bits per heavy atom. The van der Waals surface area contributed by atoms with E-state index in [4.69, 9.17) is 15.1 Å². The lowest BCUT2D eigenvalue weighted by Gasteiger charge is -2.21. The Kier molecular flexibility index (Phi) is 6.81. The van der Waals surface area contributed by atoms with Crippen molar-refractivity contribution in [3.63, 3.8) is 0 Å². The van der Waals surface area contributed by atoms with E-state index in [0.717, 1.165) is 6.42 Å². The summed E-state index contributed by atoms with van der Waals surface area (Å²) >= 11 is 0. The molecule has 2 aromatic carbocycles. The Labute approximate surface area is 147 Å². The number of rotatable bonds is 7. The largest absolute Gasteiger partial charge is 0.457 e. The lowest BCUT2D eigenvalue weighted by molar-refractivity contribution is 0.188. The number of urea groups is 1. The second kappa shape index (κ2) is 9.30. The van der Waals surface area contributed by atoms with Crippen molar-refractivity contribution in [1.29, 1.82) is 5.26 Å². The van der Waals surface area contributed by atoms with Crippen LogP contribution >= 0.6 is 0 Å². The van der Waals surface area contributed by atoms with E-state index < -0.39 is 0 Å². The first-order valence-electron chi connectivity index (χ1n) is 8.11. The van der Waals surface area contributed by atoms with Crippen LogP contribution in [0.15, 0.2) is 48.5 Å². The Balaban J connectivity index is 1.96. The van der Waals surface area contributed by atoms with Gasteiger partial charge in [0.25, 0.3) is 0 Å². The summed E-state index contributed by atoms with van der Waals surface area (Å²) in [7, 11) is 0. The molecule has 0 radical (unpaired) electrons. The molecule has 2 aromatic rings. The van der Waals surface area contributed by atoms with Gasteiger partial charge in [0.1, 0.15) is 11.5 Å². The molecule has 0 unspecified atom stereocenters. The molecule has 0 atom stereocenters. The number of carbonyl (C=O) groups excluding carboxylic acids is 1. The predicted molar refractivity (Wildman–Crippen MR) is 95.6 cm³/mol. The van der Waals surface area contributed by atoms with Gasteiger partial charge in [-0.2, -0.15) is 5.26 Å². The van der Waals surface area contributed by atoms with E-state index in [2.05, 4.69) is 11.4 Å². The fourth-order valence-electron chi connectivity index (χ4n) is 2.25. The number of ether oxygens (including phenoxy) is 1. The maximum atomic E-state index is 12.2. The van der Waals surface area contributed by atoms with Crippen LogP contribution in [0, 0.1) is 11.3 Å². The van der Waals surface area contributed by atoms with Gasteiger partial charge in [0.05, 0.1) is 18.2 Å². The number of amides is 2. The number of aliphatic hydroxyl groups excluding tert-OH is 1. The minimum atomic E-state index is -0.239. The third-order valence-corrected chi connectivity index (χ3v) is 3.48. The van der Waals surface area contributed by atoms with E-state index in [1.165, 1.54) is 0 Å². The summed E-state index contributed by atoms with van der Waals surface area (Å²) in [4.78, 5) is 13.7. The Bertz CT molecular complexity index is 715. The molecule has 2 amide bonds. The van der Waals surface area contributed by atoms with Crippen LogP contribution in [0.2, 0.25) is 0 Å². The lowest BCUT2D eigenvalue weighted by Crippen LogP contribution is -2.37. The highest BCUT2D eigenvalue weighted by molar-refractivity contribution is 5.89. The summed E-state index contributed by atoms with van der Waals surface area (Å²) in [5.41, 5.74) is 1.22. The van der Waals surface area contributed by atoms with Crippen molar-refractivity contribution in [1.82, 2.24) is 4.90 Å². The first kappa shape index (κ1) is 18.3. The van der Waals surface area contributed by atoms with Gasteiger partial charge in [-0.25, -0.2) is 4.79 Å². The number of hydrogen-bond donors (Lipinski definition) is 2. The van der Waals surface area contributed by atoms with E-state index in [-0.39, 0.29) is 12.6 Å². The number of nitrogens with one attached hydrogen (secondary N) is 1. The predicted octanol–water partition coefficient (Wildman–Crippen LogP) is 3.59. The van der Waals surface area contributed by atoms with E-state index in [1.807, 2.05) is 6.92 Å². The molecule has 0 aliphatic heterocycles. The number of nitrogens with zero attached hydrogens (tertiary/aromatic N) is 2. The highest BCUT2D eigenvalue weighted by Crippen LogP contribution is 2.23. The molecule has 6 heteroatoms. The monoisotopic (exact) mass is 339 g/mol. The van der Waals surface area contributed by atoms with Gasteiger partial charge in [-0.1, -0.05) is 6.92 Å². The number of nitriles is 1. The van der Waals surface area contributed by atoms with Crippen LogP contribution in [0.1, 0.15) is 18.9 Å². The molecule has 130 valence electrons. The summed E-state index contributed by atoms with van der Waals surface area (Å²) in [5, 5.41) is 20.6. The minimum Gasteiger partial charge on any atom is -0.457 e. The van der Waals surface area contributed by atoms with Gasteiger partial charge in [-0.3, -0.25) is 0 Å². The van der Waals surface area contributed by atoms with Crippen molar-refractivity contribution in [2.45, 2.75) is 13.3 Å². The molecule has 0 saturated carbocycles. The molecule has 0 aliphatic rings. The Morgan fingerprint density at radius 1 is 1.12 bits per heavy atom. The van der Waals surface area contributed by atoms with Gasteiger partial charge in [0.2, 0.25) is 0 Å². The quantitative estimate of drug-likeness (QED) is 0.807. The molecule has 0 fully saturated rings. The molecule has 0 bridgehead atoms. The van der Waals surface area contributed by atoms with Gasteiger partial charge in [-0.15, -0.1) is 0 Å². The summed E-state index contributed by atoms with van der Waals surface area (Å²) in [6, 6.07) is 15.7. The van der Waals surface area contributed by atoms with Crippen molar-refractivity contribution in [2.75, 3.05) is 25.0 Å². The second-order valence-electron chi connectivity index (χ2n) is 5.40. The van der Waals surface area contributed by atoms with Crippen LogP contribution < -0.4 is 10.1 Å². The average molecular weight is 339 g/mol. The van der Waals surface area contributed by atoms with Crippen LogP contribution in [0.5, 0.6) is 11.5 Å². The maximum Gasteiger partial charge on any atom is 0.321 e. The third kappa shape index (κ3) is 5.52. The summed E-state index contributed by atoms with van der Waals surface area (Å²) in [5.74, 6) is 1.26. The molecule has 2 N–H and O–H groups in total. The maximum absolute atomic E-state index is 12.2. The van der Waals surface area contributed by atoms with Gasteiger partial charge < -0.3 is 20.1 Å². The molecule has 0 saturated heterocycles. The molecule has 6 nitrogen and oxygen atoms in total.